The monoisotopic (exact) mass is 276 g/mol. The van der Waals surface area contributed by atoms with Crippen molar-refractivity contribution in [1.29, 1.82) is 0 Å². The summed E-state index contributed by atoms with van der Waals surface area (Å²) < 4.78 is 5.72. The third kappa shape index (κ3) is 3.67. The minimum absolute atomic E-state index is 0.0863. The summed E-state index contributed by atoms with van der Waals surface area (Å²) in [5, 5.41) is 0. The van der Waals surface area contributed by atoms with E-state index in [1.165, 1.54) is 5.56 Å². The van der Waals surface area contributed by atoms with Crippen LogP contribution in [0, 0.1) is 0 Å². The van der Waals surface area contributed by atoms with Crippen LogP contribution in [0.2, 0.25) is 0 Å². The van der Waals surface area contributed by atoms with Crippen LogP contribution in [0.3, 0.4) is 0 Å². The first kappa shape index (κ1) is 13.8. The lowest BCUT2D eigenvalue weighted by molar-refractivity contribution is 0.455. The minimum atomic E-state index is 0.0863. The van der Waals surface area contributed by atoms with Crippen LogP contribution < -0.4 is 4.74 Å². The summed E-state index contributed by atoms with van der Waals surface area (Å²) >= 11 is 5.73. The van der Waals surface area contributed by atoms with Crippen LogP contribution in [0.15, 0.2) is 36.7 Å². The first-order valence-electron chi connectivity index (χ1n) is 6.14. The molecule has 1 aromatic heterocycles. The van der Waals surface area contributed by atoms with Gasteiger partial charge in [0.25, 0.3) is 0 Å². The smallest absolute Gasteiger partial charge is 0.238 e. The van der Waals surface area contributed by atoms with Gasteiger partial charge < -0.3 is 4.74 Å². The van der Waals surface area contributed by atoms with Crippen molar-refractivity contribution in [2.45, 2.75) is 32.1 Å². The molecule has 0 saturated heterocycles. The van der Waals surface area contributed by atoms with E-state index in [4.69, 9.17) is 16.3 Å². The van der Waals surface area contributed by atoms with Crippen LogP contribution >= 0.6 is 11.6 Å². The fourth-order valence-corrected chi connectivity index (χ4v) is 1.78. The zero-order valence-corrected chi connectivity index (χ0v) is 12.1. The van der Waals surface area contributed by atoms with Gasteiger partial charge in [-0.1, -0.05) is 32.9 Å². The Hall–Kier alpha value is -1.61. The molecule has 1 heterocycles. The summed E-state index contributed by atoms with van der Waals surface area (Å²) in [6.45, 7) is 6.50. The van der Waals surface area contributed by atoms with Crippen LogP contribution in [0.1, 0.15) is 32.0 Å². The van der Waals surface area contributed by atoms with Crippen molar-refractivity contribution in [3.05, 3.63) is 47.9 Å². The minimum Gasteiger partial charge on any atom is -0.437 e. The molecule has 0 aliphatic rings. The number of hydrogen-bond donors (Lipinski definition) is 0. The molecule has 0 radical (unpaired) electrons. The van der Waals surface area contributed by atoms with Gasteiger partial charge in [0.2, 0.25) is 5.88 Å². The van der Waals surface area contributed by atoms with E-state index in [0.717, 1.165) is 5.75 Å². The van der Waals surface area contributed by atoms with E-state index in [2.05, 4.69) is 36.8 Å². The summed E-state index contributed by atoms with van der Waals surface area (Å²) in [5.41, 5.74) is 2.00. The number of nitrogens with zero attached hydrogens (tertiary/aromatic N) is 2. The van der Waals surface area contributed by atoms with E-state index >= 15 is 0 Å². The second-order valence-electron chi connectivity index (χ2n) is 5.36. The summed E-state index contributed by atoms with van der Waals surface area (Å²) in [6, 6.07) is 8.00. The maximum absolute atomic E-state index is 5.73. The molecule has 2 aromatic rings. The Morgan fingerprint density at radius 1 is 1.21 bits per heavy atom. The van der Waals surface area contributed by atoms with Gasteiger partial charge in [0.15, 0.2) is 0 Å². The molecular weight excluding hydrogens is 260 g/mol. The maximum Gasteiger partial charge on any atom is 0.238 e. The average Bonchev–Trinajstić information content (AvgIpc) is 2.38. The maximum atomic E-state index is 5.73. The van der Waals surface area contributed by atoms with Crippen molar-refractivity contribution >= 4 is 11.6 Å². The van der Waals surface area contributed by atoms with Crippen LogP contribution in [-0.2, 0) is 11.3 Å². The SMILES string of the molecule is CC(C)(C)c1cccc(Oc2cncc(CCl)n2)c1. The molecule has 19 heavy (non-hydrogen) atoms. The Bertz CT molecular complexity index is 564. The summed E-state index contributed by atoms with van der Waals surface area (Å²) in [6.07, 6.45) is 3.21. The van der Waals surface area contributed by atoms with Gasteiger partial charge in [-0.15, -0.1) is 11.6 Å². The Labute approximate surface area is 118 Å². The molecule has 0 bridgehead atoms. The first-order valence-corrected chi connectivity index (χ1v) is 6.68. The fraction of sp³-hybridized carbons (Fsp3) is 0.333. The lowest BCUT2D eigenvalue weighted by atomic mass is 9.87. The van der Waals surface area contributed by atoms with Crippen LogP contribution in [0.25, 0.3) is 0 Å². The number of ether oxygens (including phenoxy) is 1. The van der Waals surface area contributed by atoms with Gasteiger partial charge in [-0.05, 0) is 23.1 Å². The number of hydrogen-bond acceptors (Lipinski definition) is 3. The van der Waals surface area contributed by atoms with Crippen LogP contribution in [-0.4, -0.2) is 9.97 Å². The molecule has 0 aliphatic heterocycles. The zero-order chi connectivity index (χ0) is 13.9. The number of halogens is 1. The second-order valence-corrected chi connectivity index (χ2v) is 5.63. The third-order valence-electron chi connectivity index (χ3n) is 2.72. The molecule has 3 nitrogen and oxygen atoms in total. The second kappa shape index (κ2) is 5.57. The van der Waals surface area contributed by atoms with E-state index in [1.54, 1.807) is 12.4 Å². The molecule has 100 valence electrons. The molecule has 0 aliphatic carbocycles. The summed E-state index contributed by atoms with van der Waals surface area (Å²) in [4.78, 5) is 8.31. The van der Waals surface area contributed by atoms with Crippen molar-refractivity contribution in [3.63, 3.8) is 0 Å². The van der Waals surface area contributed by atoms with Crippen LogP contribution in [0.5, 0.6) is 11.6 Å². The lowest BCUT2D eigenvalue weighted by Gasteiger charge is -2.19. The highest BCUT2D eigenvalue weighted by molar-refractivity contribution is 6.16. The van der Waals surface area contributed by atoms with Crippen molar-refractivity contribution in [2.75, 3.05) is 0 Å². The van der Waals surface area contributed by atoms with Gasteiger partial charge >= 0.3 is 0 Å². The molecular formula is C15H17ClN2O. The predicted molar refractivity (Wildman–Crippen MR) is 76.8 cm³/mol. The van der Waals surface area contributed by atoms with Crippen molar-refractivity contribution in [1.82, 2.24) is 9.97 Å². The molecule has 0 spiro atoms. The van der Waals surface area contributed by atoms with E-state index in [0.29, 0.717) is 17.5 Å². The molecule has 0 fully saturated rings. The molecule has 0 atom stereocenters. The molecule has 2 rings (SSSR count). The lowest BCUT2D eigenvalue weighted by Crippen LogP contribution is -2.10. The Morgan fingerprint density at radius 2 is 2.00 bits per heavy atom. The van der Waals surface area contributed by atoms with Gasteiger partial charge in [0.1, 0.15) is 5.75 Å². The van der Waals surface area contributed by atoms with Gasteiger partial charge in [-0.2, -0.15) is 0 Å². The number of benzene rings is 1. The molecule has 4 heteroatoms. The van der Waals surface area contributed by atoms with E-state index < -0.39 is 0 Å². The number of alkyl halides is 1. The van der Waals surface area contributed by atoms with Crippen LogP contribution in [0.4, 0.5) is 0 Å². The zero-order valence-electron chi connectivity index (χ0n) is 11.4. The normalized spacial score (nSPS) is 11.4. The van der Waals surface area contributed by atoms with E-state index in [-0.39, 0.29) is 5.41 Å². The molecule has 0 saturated carbocycles. The topological polar surface area (TPSA) is 35.0 Å². The van der Waals surface area contributed by atoms with Gasteiger partial charge in [0.05, 0.1) is 17.8 Å². The Morgan fingerprint density at radius 3 is 2.68 bits per heavy atom. The fourth-order valence-electron chi connectivity index (χ4n) is 1.65. The molecule has 0 unspecified atom stereocenters. The predicted octanol–water partition coefficient (Wildman–Crippen LogP) is 4.31. The third-order valence-corrected chi connectivity index (χ3v) is 3.00. The Kier molecular flexibility index (Phi) is 4.05. The van der Waals surface area contributed by atoms with Crippen molar-refractivity contribution < 1.29 is 4.74 Å². The average molecular weight is 277 g/mol. The largest absolute Gasteiger partial charge is 0.437 e. The summed E-state index contributed by atoms with van der Waals surface area (Å²) in [5.74, 6) is 1.55. The summed E-state index contributed by atoms with van der Waals surface area (Å²) in [7, 11) is 0. The van der Waals surface area contributed by atoms with Gasteiger partial charge in [-0.25, -0.2) is 4.98 Å². The van der Waals surface area contributed by atoms with E-state index in [9.17, 15) is 0 Å². The highest BCUT2D eigenvalue weighted by Gasteiger charge is 2.14. The number of aromatic nitrogens is 2. The molecule has 0 N–H and O–H groups in total. The van der Waals surface area contributed by atoms with Gasteiger partial charge in [-0.3, -0.25) is 4.98 Å². The first-order chi connectivity index (χ1) is 8.99. The highest BCUT2D eigenvalue weighted by atomic mass is 35.5. The van der Waals surface area contributed by atoms with Crippen molar-refractivity contribution in [2.24, 2.45) is 0 Å². The van der Waals surface area contributed by atoms with Gasteiger partial charge in [0, 0.05) is 6.20 Å². The number of rotatable bonds is 3. The molecule has 1 aromatic carbocycles. The highest BCUT2D eigenvalue weighted by Crippen LogP contribution is 2.27. The quantitative estimate of drug-likeness (QED) is 0.784. The van der Waals surface area contributed by atoms with E-state index in [1.807, 2.05) is 18.2 Å². The standard InChI is InChI=1S/C15H17ClN2O/c1-15(2,3)11-5-4-6-13(7-11)19-14-10-17-9-12(8-16)18-14/h4-7,9-10H,8H2,1-3H3. The Balaban J connectivity index is 2.23. The van der Waals surface area contributed by atoms with Crippen molar-refractivity contribution in [3.8, 4) is 11.6 Å². The molecule has 0 amide bonds.